The molecule has 1 aliphatic heterocycles. The molecule has 3 rings (SSSR count). The number of hydrogen-bond donors (Lipinski definition) is 1. The summed E-state index contributed by atoms with van der Waals surface area (Å²) in [5.41, 5.74) is 1.25. The second-order valence-corrected chi connectivity index (χ2v) is 6.87. The third kappa shape index (κ3) is 2.65. The molecule has 1 saturated heterocycles. The number of ether oxygens (including phenoxy) is 1. The first kappa shape index (κ1) is 14.7. The van der Waals surface area contributed by atoms with Gasteiger partial charge in [-0.15, -0.1) is 0 Å². The van der Waals surface area contributed by atoms with Crippen molar-refractivity contribution >= 4 is 18.3 Å². The summed E-state index contributed by atoms with van der Waals surface area (Å²) >= 11 is 0. The van der Waals surface area contributed by atoms with Gasteiger partial charge in [-0.1, -0.05) is 6.07 Å². The maximum Gasteiger partial charge on any atom is 0.500 e. The molecule has 1 heterocycles. The molecule has 0 atom stereocenters. The van der Waals surface area contributed by atoms with Crippen molar-refractivity contribution in [2.45, 2.75) is 57.8 Å². The van der Waals surface area contributed by atoms with Crippen molar-refractivity contribution in [3.8, 4) is 5.75 Å². The molecule has 1 N–H and O–H groups in total. The molecule has 0 unspecified atom stereocenters. The third-order valence-electron chi connectivity index (χ3n) is 4.64. The lowest BCUT2D eigenvalue weighted by Crippen LogP contribution is -2.41. The Morgan fingerprint density at radius 1 is 1.14 bits per heavy atom. The van der Waals surface area contributed by atoms with Crippen LogP contribution in [0, 0.1) is 0 Å². The Kier molecular flexibility index (Phi) is 3.45. The fraction of sp³-hybridized carbons (Fsp3) is 0.625. The van der Waals surface area contributed by atoms with Gasteiger partial charge in [-0.3, -0.25) is 0 Å². The lowest BCUT2D eigenvalue weighted by atomic mass is 9.77. The summed E-state index contributed by atoms with van der Waals surface area (Å²) in [6.45, 7) is 8.26. The van der Waals surface area contributed by atoms with E-state index >= 15 is 0 Å². The molecule has 0 bridgehead atoms. The number of rotatable bonds is 4. The summed E-state index contributed by atoms with van der Waals surface area (Å²) in [6.07, 6.45) is 2.61. The van der Waals surface area contributed by atoms with E-state index in [1.165, 1.54) is 0 Å². The lowest BCUT2D eigenvalue weighted by Gasteiger charge is -2.32. The molecule has 0 amide bonds. The molecule has 1 aromatic carbocycles. The van der Waals surface area contributed by atoms with Crippen molar-refractivity contribution < 1.29 is 14.0 Å². The van der Waals surface area contributed by atoms with Crippen molar-refractivity contribution in [1.29, 1.82) is 0 Å². The maximum absolute atomic E-state index is 6.19. The molecule has 1 aliphatic carbocycles. The summed E-state index contributed by atoms with van der Waals surface area (Å²) in [6, 6.07) is 6.03. The monoisotopic (exact) mass is 289 g/mol. The number of anilines is 1. The fourth-order valence-corrected chi connectivity index (χ4v) is 2.43. The minimum absolute atomic E-state index is 0.346. The number of hydrogen-bond acceptors (Lipinski definition) is 4. The van der Waals surface area contributed by atoms with Crippen molar-refractivity contribution in [1.82, 2.24) is 0 Å². The van der Waals surface area contributed by atoms with Crippen molar-refractivity contribution in [2.24, 2.45) is 0 Å². The first-order valence-corrected chi connectivity index (χ1v) is 7.67. The average Bonchev–Trinajstić information content (AvgIpc) is 3.17. The zero-order chi connectivity index (χ0) is 15.3. The highest BCUT2D eigenvalue weighted by molar-refractivity contribution is 6.65. The van der Waals surface area contributed by atoms with Crippen LogP contribution in [-0.2, 0) is 9.31 Å². The largest absolute Gasteiger partial charge is 0.500 e. The Labute approximate surface area is 127 Å². The normalized spacial score (nSPS) is 23.2. The van der Waals surface area contributed by atoms with Crippen LogP contribution in [0.5, 0.6) is 5.75 Å². The van der Waals surface area contributed by atoms with Gasteiger partial charge in [0, 0.05) is 18.2 Å². The van der Waals surface area contributed by atoms with Crippen molar-refractivity contribution in [3.05, 3.63) is 18.2 Å². The Morgan fingerprint density at radius 3 is 2.29 bits per heavy atom. The Morgan fingerprint density at radius 2 is 1.76 bits per heavy atom. The smallest absolute Gasteiger partial charge is 0.491 e. The molecule has 2 fully saturated rings. The number of benzene rings is 1. The first-order valence-electron chi connectivity index (χ1n) is 7.67. The van der Waals surface area contributed by atoms with Gasteiger partial charge in [-0.2, -0.15) is 0 Å². The standard InChI is InChI=1S/C16H24BNO3/c1-15(2)16(3,4)21-17(20-15)14-12(18-5)7-6-8-13(14)19-11-9-10-11/h6-8,11,18H,9-10H2,1-5H3. The van der Waals surface area contributed by atoms with Gasteiger partial charge < -0.3 is 19.4 Å². The number of nitrogens with one attached hydrogen (secondary N) is 1. The van der Waals surface area contributed by atoms with Gasteiger partial charge in [0.1, 0.15) is 5.75 Å². The topological polar surface area (TPSA) is 39.7 Å². The van der Waals surface area contributed by atoms with Gasteiger partial charge in [-0.25, -0.2) is 0 Å². The molecule has 0 aromatic heterocycles. The molecular formula is C16H24BNO3. The molecule has 5 heteroatoms. The van der Waals surface area contributed by atoms with Crippen LogP contribution in [0.1, 0.15) is 40.5 Å². The quantitative estimate of drug-likeness (QED) is 0.865. The van der Waals surface area contributed by atoms with Crippen LogP contribution in [0.15, 0.2) is 18.2 Å². The maximum atomic E-state index is 6.19. The van der Waals surface area contributed by atoms with E-state index in [0.717, 1.165) is 29.7 Å². The van der Waals surface area contributed by atoms with E-state index in [1.807, 2.05) is 25.2 Å². The molecule has 0 spiro atoms. The highest BCUT2D eigenvalue weighted by atomic mass is 16.7. The molecule has 114 valence electrons. The van der Waals surface area contributed by atoms with Gasteiger partial charge in [0.25, 0.3) is 0 Å². The minimum Gasteiger partial charge on any atom is -0.491 e. The summed E-state index contributed by atoms with van der Waals surface area (Å²) in [5, 5.41) is 3.22. The minimum atomic E-state index is -0.410. The van der Waals surface area contributed by atoms with Gasteiger partial charge in [0.2, 0.25) is 0 Å². The summed E-state index contributed by atoms with van der Waals surface area (Å²) in [5.74, 6) is 0.864. The van der Waals surface area contributed by atoms with Crippen LogP contribution in [0.3, 0.4) is 0 Å². The van der Waals surface area contributed by atoms with Crippen molar-refractivity contribution in [2.75, 3.05) is 12.4 Å². The van der Waals surface area contributed by atoms with E-state index in [9.17, 15) is 0 Å². The van der Waals surface area contributed by atoms with Gasteiger partial charge in [0.05, 0.1) is 17.3 Å². The van der Waals surface area contributed by atoms with E-state index in [4.69, 9.17) is 14.0 Å². The van der Waals surface area contributed by atoms with E-state index in [-0.39, 0.29) is 11.2 Å². The van der Waals surface area contributed by atoms with Crippen LogP contribution in [0.25, 0.3) is 0 Å². The molecule has 1 aromatic rings. The van der Waals surface area contributed by atoms with Crippen LogP contribution >= 0.6 is 0 Å². The Hall–Kier alpha value is -1.20. The highest BCUT2D eigenvalue weighted by Gasteiger charge is 2.53. The first-order chi connectivity index (χ1) is 9.84. The zero-order valence-corrected chi connectivity index (χ0v) is 13.5. The van der Waals surface area contributed by atoms with Gasteiger partial charge in [-0.05, 0) is 52.7 Å². The van der Waals surface area contributed by atoms with E-state index < -0.39 is 7.12 Å². The lowest BCUT2D eigenvalue weighted by molar-refractivity contribution is 0.00578. The summed E-state index contributed by atoms with van der Waals surface area (Å²) in [7, 11) is 1.50. The predicted molar refractivity (Wildman–Crippen MR) is 85.4 cm³/mol. The molecule has 2 aliphatic rings. The predicted octanol–water partition coefficient (Wildman–Crippen LogP) is 2.57. The second kappa shape index (κ2) is 4.92. The molecule has 0 radical (unpaired) electrons. The summed E-state index contributed by atoms with van der Waals surface area (Å²) in [4.78, 5) is 0. The Balaban J connectivity index is 1.97. The fourth-order valence-electron chi connectivity index (χ4n) is 2.43. The van der Waals surface area contributed by atoms with Crippen LogP contribution in [0.4, 0.5) is 5.69 Å². The SMILES string of the molecule is CNc1cccc(OC2CC2)c1B1OC(C)(C)C(C)(C)O1. The van der Waals surface area contributed by atoms with Gasteiger partial charge in [0.15, 0.2) is 0 Å². The third-order valence-corrected chi connectivity index (χ3v) is 4.64. The van der Waals surface area contributed by atoms with Crippen molar-refractivity contribution in [3.63, 3.8) is 0 Å². The molecular weight excluding hydrogens is 265 g/mol. The van der Waals surface area contributed by atoms with E-state index in [2.05, 4.69) is 33.0 Å². The van der Waals surface area contributed by atoms with Crippen LogP contribution in [-0.4, -0.2) is 31.5 Å². The average molecular weight is 289 g/mol. The second-order valence-electron chi connectivity index (χ2n) is 6.87. The molecule has 1 saturated carbocycles. The van der Waals surface area contributed by atoms with E-state index in [1.54, 1.807) is 0 Å². The van der Waals surface area contributed by atoms with Crippen LogP contribution < -0.4 is 15.5 Å². The Bertz CT molecular complexity index is 524. The van der Waals surface area contributed by atoms with Crippen LogP contribution in [0.2, 0.25) is 0 Å². The summed E-state index contributed by atoms with van der Waals surface area (Å²) < 4.78 is 18.4. The van der Waals surface area contributed by atoms with E-state index in [0.29, 0.717) is 6.10 Å². The van der Waals surface area contributed by atoms with Gasteiger partial charge >= 0.3 is 7.12 Å². The molecule has 4 nitrogen and oxygen atoms in total. The molecule has 21 heavy (non-hydrogen) atoms. The highest BCUT2D eigenvalue weighted by Crippen LogP contribution is 2.38. The zero-order valence-electron chi connectivity index (χ0n) is 13.5.